The molecule has 6 nitrogen and oxygen atoms in total. The lowest BCUT2D eigenvalue weighted by Crippen LogP contribution is -2.36. The van der Waals surface area contributed by atoms with Gasteiger partial charge in [0.2, 0.25) is 5.91 Å². The van der Waals surface area contributed by atoms with Gasteiger partial charge in [-0.1, -0.05) is 36.4 Å². The van der Waals surface area contributed by atoms with Gasteiger partial charge in [0.05, 0.1) is 5.92 Å². The van der Waals surface area contributed by atoms with Crippen LogP contribution in [0.2, 0.25) is 0 Å². The monoisotopic (exact) mass is 507 g/mol. The number of carbonyl (C=O) groups is 2. The highest BCUT2D eigenvalue weighted by Gasteiger charge is 2.24. The lowest BCUT2D eigenvalue weighted by atomic mass is 9.89. The number of carbonyl (C=O) groups excluding carboxylic acids is 1. The van der Waals surface area contributed by atoms with Crippen molar-refractivity contribution in [1.82, 2.24) is 10.2 Å². The number of piperidine rings is 1. The van der Waals surface area contributed by atoms with Crippen molar-refractivity contribution in [3.8, 4) is 0 Å². The van der Waals surface area contributed by atoms with Crippen molar-refractivity contribution in [2.75, 3.05) is 31.5 Å². The molecule has 1 aliphatic rings. The third-order valence-electron chi connectivity index (χ3n) is 6.82. The molecule has 37 heavy (non-hydrogen) atoms. The van der Waals surface area contributed by atoms with E-state index < -0.39 is 12.0 Å². The van der Waals surface area contributed by atoms with Crippen LogP contribution in [0.25, 0.3) is 0 Å². The Bertz CT molecular complexity index is 1150. The highest BCUT2D eigenvalue weighted by Crippen LogP contribution is 2.30. The SMILES string of the molecule is O=C(O)Nc1cccc(C2CCN(CCCNC(=O)C(c3ccc(F)cc3)c3ccc(F)cc3)CC2)c1. The largest absolute Gasteiger partial charge is 0.465 e. The van der Waals surface area contributed by atoms with E-state index in [-0.39, 0.29) is 17.5 Å². The highest BCUT2D eigenvalue weighted by atomic mass is 19.1. The molecular formula is C29H31F2N3O3. The van der Waals surface area contributed by atoms with Gasteiger partial charge in [-0.15, -0.1) is 0 Å². The van der Waals surface area contributed by atoms with Crippen molar-refractivity contribution in [2.24, 2.45) is 0 Å². The number of anilines is 1. The molecule has 0 aliphatic carbocycles. The molecule has 1 aliphatic heterocycles. The molecule has 2 amide bonds. The number of benzene rings is 3. The van der Waals surface area contributed by atoms with Gasteiger partial charge in [-0.25, -0.2) is 13.6 Å². The summed E-state index contributed by atoms with van der Waals surface area (Å²) in [6, 6.07) is 19.2. The Labute approximate surface area is 215 Å². The summed E-state index contributed by atoms with van der Waals surface area (Å²) in [4.78, 5) is 26.4. The van der Waals surface area contributed by atoms with Crippen molar-refractivity contribution in [1.29, 1.82) is 0 Å². The number of nitrogens with zero attached hydrogens (tertiary/aromatic N) is 1. The summed E-state index contributed by atoms with van der Waals surface area (Å²) < 4.78 is 26.9. The van der Waals surface area contributed by atoms with Crippen molar-refractivity contribution in [2.45, 2.75) is 31.1 Å². The molecule has 8 heteroatoms. The maximum Gasteiger partial charge on any atom is 0.409 e. The minimum Gasteiger partial charge on any atom is -0.465 e. The van der Waals surface area contributed by atoms with Gasteiger partial charge in [0.1, 0.15) is 11.6 Å². The van der Waals surface area contributed by atoms with E-state index in [1.165, 1.54) is 24.3 Å². The fraction of sp³-hybridized carbons (Fsp3) is 0.310. The van der Waals surface area contributed by atoms with E-state index in [0.717, 1.165) is 44.5 Å². The van der Waals surface area contributed by atoms with E-state index in [0.29, 0.717) is 29.3 Å². The molecule has 1 fully saturated rings. The molecule has 0 bridgehead atoms. The first-order valence-electron chi connectivity index (χ1n) is 12.5. The maximum atomic E-state index is 13.4. The Morgan fingerprint density at radius 2 is 1.51 bits per heavy atom. The van der Waals surface area contributed by atoms with E-state index in [1.54, 1.807) is 30.3 Å². The average Bonchev–Trinajstić information content (AvgIpc) is 2.89. The minimum atomic E-state index is -1.07. The Hall–Kier alpha value is -3.78. The van der Waals surface area contributed by atoms with Gasteiger partial charge in [-0.2, -0.15) is 0 Å². The van der Waals surface area contributed by atoms with Gasteiger partial charge in [0.25, 0.3) is 0 Å². The van der Waals surface area contributed by atoms with Crippen molar-refractivity contribution in [3.05, 3.63) is 101 Å². The standard InChI is InChI=1S/C29H31F2N3O3/c30-24-9-5-21(6-10-24)27(22-7-11-25(31)12-8-22)28(35)32-15-2-16-34-17-13-20(14-18-34)23-3-1-4-26(19-23)33-29(36)37/h1,3-12,19-20,27,33H,2,13-18H2,(H,32,35)(H,36,37). The Morgan fingerprint density at radius 1 is 0.919 bits per heavy atom. The fourth-order valence-corrected chi connectivity index (χ4v) is 4.91. The maximum absolute atomic E-state index is 13.4. The number of carboxylic acid groups (broad SMARTS) is 1. The summed E-state index contributed by atoms with van der Waals surface area (Å²) in [5, 5.41) is 14.3. The molecule has 1 heterocycles. The van der Waals surface area contributed by atoms with Crippen LogP contribution in [-0.2, 0) is 4.79 Å². The lowest BCUT2D eigenvalue weighted by Gasteiger charge is -2.32. The van der Waals surface area contributed by atoms with Gasteiger partial charge >= 0.3 is 6.09 Å². The molecule has 0 saturated carbocycles. The first-order valence-corrected chi connectivity index (χ1v) is 12.5. The number of hydrogen-bond acceptors (Lipinski definition) is 3. The van der Waals surface area contributed by atoms with Crippen LogP contribution < -0.4 is 10.6 Å². The van der Waals surface area contributed by atoms with Gasteiger partial charge in [-0.05, 0) is 97.9 Å². The molecule has 0 unspecified atom stereocenters. The van der Waals surface area contributed by atoms with Crippen LogP contribution in [0.3, 0.4) is 0 Å². The molecule has 0 atom stereocenters. The van der Waals surface area contributed by atoms with E-state index in [2.05, 4.69) is 15.5 Å². The van der Waals surface area contributed by atoms with E-state index in [9.17, 15) is 18.4 Å². The number of hydrogen-bond donors (Lipinski definition) is 3. The van der Waals surface area contributed by atoms with Crippen LogP contribution >= 0.6 is 0 Å². The minimum absolute atomic E-state index is 0.202. The summed E-state index contributed by atoms with van der Waals surface area (Å²) in [5.74, 6) is -1.22. The zero-order valence-electron chi connectivity index (χ0n) is 20.5. The van der Waals surface area contributed by atoms with Crippen LogP contribution in [0.5, 0.6) is 0 Å². The van der Waals surface area contributed by atoms with Crippen molar-refractivity contribution < 1.29 is 23.5 Å². The second-order valence-electron chi connectivity index (χ2n) is 9.35. The quantitative estimate of drug-likeness (QED) is 0.331. The fourth-order valence-electron chi connectivity index (χ4n) is 4.91. The second-order valence-corrected chi connectivity index (χ2v) is 9.35. The summed E-state index contributed by atoms with van der Waals surface area (Å²) in [5.41, 5.74) is 3.03. The molecule has 0 radical (unpaired) electrons. The summed E-state index contributed by atoms with van der Waals surface area (Å²) in [7, 11) is 0. The van der Waals surface area contributed by atoms with E-state index in [1.807, 2.05) is 18.2 Å². The Balaban J connectivity index is 1.26. The number of likely N-dealkylation sites (tertiary alicyclic amines) is 1. The molecule has 3 N–H and O–H groups in total. The van der Waals surface area contributed by atoms with Gasteiger partial charge in [-0.3, -0.25) is 10.1 Å². The van der Waals surface area contributed by atoms with Crippen LogP contribution in [0.4, 0.5) is 19.3 Å². The molecule has 194 valence electrons. The van der Waals surface area contributed by atoms with E-state index >= 15 is 0 Å². The number of rotatable bonds is 9. The van der Waals surface area contributed by atoms with Crippen LogP contribution in [0.1, 0.15) is 47.8 Å². The van der Waals surface area contributed by atoms with Crippen molar-refractivity contribution >= 4 is 17.7 Å². The first kappa shape index (κ1) is 26.3. The normalized spacial score (nSPS) is 14.5. The number of nitrogens with one attached hydrogen (secondary N) is 2. The first-order chi connectivity index (χ1) is 17.9. The smallest absolute Gasteiger partial charge is 0.409 e. The van der Waals surface area contributed by atoms with Crippen LogP contribution in [0.15, 0.2) is 72.8 Å². The molecule has 3 aromatic carbocycles. The molecule has 0 spiro atoms. The van der Waals surface area contributed by atoms with Crippen LogP contribution in [-0.4, -0.2) is 48.2 Å². The third-order valence-corrected chi connectivity index (χ3v) is 6.82. The summed E-state index contributed by atoms with van der Waals surface area (Å²) >= 11 is 0. The predicted molar refractivity (Wildman–Crippen MR) is 139 cm³/mol. The van der Waals surface area contributed by atoms with Gasteiger partial charge in [0, 0.05) is 12.2 Å². The Morgan fingerprint density at radius 3 is 2.08 bits per heavy atom. The highest BCUT2D eigenvalue weighted by molar-refractivity contribution is 5.87. The van der Waals surface area contributed by atoms with Gasteiger partial charge < -0.3 is 15.3 Å². The summed E-state index contributed by atoms with van der Waals surface area (Å²) in [6.07, 6.45) is 1.69. The molecule has 0 aromatic heterocycles. The van der Waals surface area contributed by atoms with Crippen LogP contribution in [0, 0.1) is 11.6 Å². The Kier molecular flexibility index (Phi) is 8.85. The second kappa shape index (κ2) is 12.5. The number of halogens is 2. The molecular weight excluding hydrogens is 476 g/mol. The van der Waals surface area contributed by atoms with Crippen molar-refractivity contribution in [3.63, 3.8) is 0 Å². The van der Waals surface area contributed by atoms with Gasteiger partial charge in [0.15, 0.2) is 0 Å². The zero-order valence-corrected chi connectivity index (χ0v) is 20.5. The molecule has 4 rings (SSSR count). The summed E-state index contributed by atoms with van der Waals surface area (Å²) in [6.45, 7) is 3.22. The molecule has 1 saturated heterocycles. The third kappa shape index (κ3) is 7.36. The topological polar surface area (TPSA) is 81.7 Å². The average molecular weight is 508 g/mol. The predicted octanol–water partition coefficient (Wildman–Crippen LogP) is 5.57. The lowest BCUT2D eigenvalue weighted by molar-refractivity contribution is -0.121. The molecule has 3 aromatic rings. The number of amides is 2. The zero-order chi connectivity index (χ0) is 26.2. The van der Waals surface area contributed by atoms with E-state index in [4.69, 9.17) is 5.11 Å².